The molecule has 0 bridgehead atoms. The molecule has 4 rings (SSSR count). The first-order valence-electron chi connectivity index (χ1n) is 10.2. The Hall–Kier alpha value is -1.62. The van der Waals surface area contributed by atoms with Gasteiger partial charge in [-0.3, -0.25) is 4.79 Å². The number of hydrogen-bond donors (Lipinski definition) is 0. The predicted molar refractivity (Wildman–Crippen MR) is 101 cm³/mol. The van der Waals surface area contributed by atoms with Crippen LogP contribution >= 0.6 is 0 Å². The molecule has 2 heterocycles. The topological polar surface area (TPSA) is 47.4 Å². The molecule has 2 aliphatic carbocycles. The summed E-state index contributed by atoms with van der Waals surface area (Å²) >= 11 is 0. The second-order valence-electron chi connectivity index (χ2n) is 8.27. The second kappa shape index (κ2) is 7.95. The van der Waals surface area contributed by atoms with Gasteiger partial charge in [0, 0.05) is 37.7 Å². The Morgan fingerprint density at radius 1 is 1.23 bits per heavy atom. The highest BCUT2D eigenvalue weighted by Gasteiger charge is 2.34. The van der Waals surface area contributed by atoms with Crippen molar-refractivity contribution in [1.29, 1.82) is 0 Å². The lowest BCUT2D eigenvalue weighted by Gasteiger charge is -2.35. The zero-order valence-electron chi connectivity index (χ0n) is 15.9. The number of nitrogens with zero attached hydrogens (tertiary/aromatic N) is 3. The molecule has 0 N–H and O–H groups in total. The third-order valence-electron chi connectivity index (χ3n) is 6.31. The van der Waals surface area contributed by atoms with Crippen LogP contribution in [0.25, 0.3) is 0 Å². The molecule has 3 aliphatic rings. The molecule has 1 aliphatic heterocycles. The third-order valence-corrected chi connectivity index (χ3v) is 6.31. The molecular weight excluding hydrogens is 326 g/mol. The fourth-order valence-corrected chi connectivity index (χ4v) is 4.86. The molecule has 1 amide bonds. The number of aromatic nitrogens is 2. The zero-order valence-corrected chi connectivity index (χ0v) is 15.9. The first kappa shape index (κ1) is 17.8. The number of allylic oxidation sites excluding steroid dienone is 2. The van der Waals surface area contributed by atoms with Gasteiger partial charge in [-0.05, 0) is 38.0 Å². The van der Waals surface area contributed by atoms with Crippen LogP contribution in [-0.4, -0.2) is 40.1 Å². The Morgan fingerprint density at radius 3 is 2.85 bits per heavy atom. The van der Waals surface area contributed by atoms with Crippen molar-refractivity contribution in [3.63, 3.8) is 0 Å². The predicted octanol–water partition coefficient (Wildman–Crippen LogP) is 3.41. The van der Waals surface area contributed by atoms with E-state index in [9.17, 15) is 4.79 Å². The van der Waals surface area contributed by atoms with E-state index in [0.29, 0.717) is 19.1 Å². The molecule has 2 atom stereocenters. The van der Waals surface area contributed by atoms with Gasteiger partial charge in [0.25, 0.3) is 0 Å². The molecule has 5 heteroatoms. The summed E-state index contributed by atoms with van der Waals surface area (Å²) in [6, 6.07) is 0. The van der Waals surface area contributed by atoms with E-state index in [4.69, 9.17) is 4.74 Å². The lowest BCUT2D eigenvalue weighted by Crippen LogP contribution is -2.43. The minimum absolute atomic E-state index is 0.144. The lowest BCUT2D eigenvalue weighted by atomic mass is 9.91. The molecule has 5 nitrogen and oxygen atoms in total. The van der Waals surface area contributed by atoms with Gasteiger partial charge in [-0.2, -0.15) is 0 Å². The average Bonchev–Trinajstić information content (AvgIpc) is 3.32. The van der Waals surface area contributed by atoms with Crippen LogP contribution in [0.5, 0.6) is 0 Å². The van der Waals surface area contributed by atoms with E-state index in [1.807, 2.05) is 11.2 Å². The Bertz CT molecular complexity index is 660. The van der Waals surface area contributed by atoms with Gasteiger partial charge >= 0.3 is 0 Å². The molecule has 1 saturated carbocycles. The Labute approximate surface area is 156 Å². The van der Waals surface area contributed by atoms with Crippen LogP contribution in [0.4, 0.5) is 0 Å². The second-order valence-corrected chi connectivity index (χ2v) is 8.27. The summed E-state index contributed by atoms with van der Waals surface area (Å²) < 4.78 is 8.24. The highest BCUT2D eigenvalue weighted by molar-refractivity contribution is 5.79. The van der Waals surface area contributed by atoms with Crippen molar-refractivity contribution in [3.8, 4) is 0 Å². The van der Waals surface area contributed by atoms with Gasteiger partial charge in [0.2, 0.25) is 5.91 Å². The summed E-state index contributed by atoms with van der Waals surface area (Å²) in [5.41, 5.74) is 2.30. The van der Waals surface area contributed by atoms with Crippen molar-refractivity contribution in [2.75, 3.05) is 19.8 Å². The van der Waals surface area contributed by atoms with Gasteiger partial charge in [-0.15, -0.1) is 0 Å². The van der Waals surface area contributed by atoms with Gasteiger partial charge in [0.05, 0.1) is 25.2 Å². The number of carbonyl (C=O) groups excluding carboxylic acids is 1. The van der Waals surface area contributed by atoms with Gasteiger partial charge in [-0.1, -0.05) is 25.0 Å². The highest BCUT2D eigenvalue weighted by atomic mass is 16.5. The Morgan fingerprint density at radius 2 is 2.08 bits per heavy atom. The summed E-state index contributed by atoms with van der Waals surface area (Å²) in [4.78, 5) is 19.6. The normalized spacial score (nSPS) is 26.3. The van der Waals surface area contributed by atoms with Crippen molar-refractivity contribution in [2.24, 2.45) is 18.9 Å². The summed E-state index contributed by atoms with van der Waals surface area (Å²) in [7, 11) is 2.05. The first-order chi connectivity index (χ1) is 12.7. The number of aryl methyl sites for hydroxylation is 1. The van der Waals surface area contributed by atoms with Crippen molar-refractivity contribution in [1.82, 2.24) is 14.5 Å². The lowest BCUT2D eigenvalue weighted by molar-refractivity contribution is -0.137. The van der Waals surface area contributed by atoms with Crippen molar-refractivity contribution in [3.05, 3.63) is 29.9 Å². The molecule has 0 radical (unpaired) electrons. The molecule has 0 unspecified atom stereocenters. The molecule has 0 saturated heterocycles. The van der Waals surface area contributed by atoms with Crippen LogP contribution in [0, 0.1) is 11.8 Å². The van der Waals surface area contributed by atoms with E-state index in [-0.39, 0.29) is 11.8 Å². The van der Waals surface area contributed by atoms with Crippen molar-refractivity contribution >= 4 is 5.91 Å². The number of imidazole rings is 1. The maximum absolute atomic E-state index is 13.0. The molecule has 1 aromatic heterocycles. The SMILES string of the molecule is Cn1cnc2c1[C@H](COCC1CCCC1)CN(C(=O)[C@H]1CC=CCC1)C2. The fourth-order valence-electron chi connectivity index (χ4n) is 4.86. The largest absolute Gasteiger partial charge is 0.380 e. The maximum Gasteiger partial charge on any atom is 0.226 e. The number of hydrogen-bond acceptors (Lipinski definition) is 3. The Balaban J connectivity index is 1.42. The van der Waals surface area contributed by atoms with E-state index < -0.39 is 0 Å². The molecular formula is C21H31N3O2. The average molecular weight is 357 g/mol. The maximum atomic E-state index is 13.0. The summed E-state index contributed by atoms with van der Waals surface area (Å²) in [5.74, 6) is 1.41. The standard InChI is InChI=1S/C21H31N3O2/c1-23-15-22-19-12-24(21(25)17-9-3-2-4-10-17)11-18(20(19)23)14-26-13-16-7-5-6-8-16/h2-3,15-18H,4-14H2,1H3/t17-,18-/m0/s1. The molecule has 1 aromatic rings. The van der Waals surface area contributed by atoms with Crippen LogP contribution in [-0.2, 0) is 23.1 Å². The zero-order chi connectivity index (χ0) is 17.9. The van der Waals surface area contributed by atoms with Crippen molar-refractivity contribution < 1.29 is 9.53 Å². The van der Waals surface area contributed by atoms with E-state index in [1.54, 1.807) is 0 Å². The number of fused-ring (bicyclic) bond motifs is 1. The highest BCUT2D eigenvalue weighted by Crippen LogP contribution is 2.31. The number of rotatable bonds is 5. The Kier molecular flexibility index (Phi) is 5.44. The molecule has 1 fully saturated rings. The van der Waals surface area contributed by atoms with Crippen LogP contribution < -0.4 is 0 Å². The van der Waals surface area contributed by atoms with Crippen LogP contribution in [0.3, 0.4) is 0 Å². The van der Waals surface area contributed by atoms with E-state index in [1.165, 1.54) is 31.4 Å². The summed E-state index contributed by atoms with van der Waals surface area (Å²) in [6.07, 6.45) is 14.4. The van der Waals surface area contributed by atoms with Gasteiger partial charge in [0.15, 0.2) is 0 Å². The summed E-state index contributed by atoms with van der Waals surface area (Å²) in [5, 5.41) is 0. The van der Waals surface area contributed by atoms with Crippen LogP contribution in [0.1, 0.15) is 62.3 Å². The monoisotopic (exact) mass is 357 g/mol. The van der Waals surface area contributed by atoms with E-state index in [2.05, 4.69) is 28.8 Å². The van der Waals surface area contributed by atoms with Gasteiger partial charge < -0.3 is 14.2 Å². The van der Waals surface area contributed by atoms with E-state index in [0.717, 1.165) is 44.0 Å². The first-order valence-corrected chi connectivity index (χ1v) is 10.2. The number of ether oxygens (including phenoxy) is 1. The van der Waals surface area contributed by atoms with Crippen LogP contribution in [0.2, 0.25) is 0 Å². The summed E-state index contributed by atoms with van der Waals surface area (Å²) in [6.45, 7) is 2.97. The fraction of sp³-hybridized carbons (Fsp3) is 0.714. The smallest absolute Gasteiger partial charge is 0.226 e. The van der Waals surface area contributed by atoms with Crippen LogP contribution in [0.15, 0.2) is 18.5 Å². The molecule has 0 aromatic carbocycles. The minimum Gasteiger partial charge on any atom is -0.380 e. The van der Waals surface area contributed by atoms with E-state index >= 15 is 0 Å². The van der Waals surface area contributed by atoms with Gasteiger partial charge in [-0.25, -0.2) is 4.98 Å². The van der Waals surface area contributed by atoms with Crippen molar-refractivity contribution in [2.45, 2.75) is 57.4 Å². The van der Waals surface area contributed by atoms with Gasteiger partial charge in [0.1, 0.15) is 0 Å². The quantitative estimate of drug-likeness (QED) is 0.759. The minimum atomic E-state index is 0.144. The molecule has 26 heavy (non-hydrogen) atoms. The number of amides is 1. The molecule has 142 valence electrons. The third kappa shape index (κ3) is 3.73. The molecule has 0 spiro atoms. The number of carbonyl (C=O) groups is 1.